The predicted molar refractivity (Wildman–Crippen MR) is 81.4 cm³/mol. The summed E-state index contributed by atoms with van der Waals surface area (Å²) in [6, 6.07) is 7.45. The Hall–Kier alpha value is -1.62. The Morgan fingerprint density at radius 1 is 1.26 bits per heavy atom. The van der Waals surface area contributed by atoms with Crippen molar-refractivity contribution in [2.24, 2.45) is 5.92 Å². The molecule has 0 saturated carbocycles. The number of amides is 1. The maximum atomic E-state index is 11.5. The summed E-state index contributed by atoms with van der Waals surface area (Å²) < 4.78 is 5.59. The van der Waals surface area contributed by atoms with Crippen molar-refractivity contribution in [3.63, 3.8) is 0 Å². The molecule has 1 rings (SSSR count). The molecule has 1 amide bonds. The summed E-state index contributed by atoms with van der Waals surface area (Å²) >= 11 is 5.08. The standard InChI is InChI=1S/C14H20N2O2S/c1-9(2)13(17)16-14(19)15-11-6-5-7-12(8-11)18-10(3)4/h5-10H,1-4H3,(H2,15,16,17,19). The van der Waals surface area contributed by atoms with Crippen LogP contribution in [0, 0.1) is 5.92 Å². The van der Waals surface area contributed by atoms with Gasteiger partial charge in [-0.15, -0.1) is 0 Å². The molecule has 0 aliphatic carbocycles. The number of carbonyl (C=O) groups is 1. The van der Waals surface area contributed by atoms with E-state index in [4.69, 9.17) is 17.0 Å². The summed E-state index contributed by atoms with van der Waals surface area (Å²) in [7, 11) is 0. The van der Waals surface area contributed by atoms with Crippen LogP contribution in [0.5, 0.6) is 5.75 Å². The molecule has 0 aliphatic rings. The summed E-state index contributed by atoms with van der Waals surface area (Å²) in [6.45, 7) is 7.56. The molecule has 0 atom stereocenters. The van der Waals surface area contributed by atoms with Gasteiger partial charge in [0.2, 0.25) is 5.91 Å². The van der Waals surface area contributed by atoms with Gasteiger partial charge >= 0.3 is 0 Å². The van der Waals surface area contributed by atoms with Crippen molar-refractivity contribution in [2.75, 3.05) is 5.32 Å². The smallest absolute Gasteiger partial charge is 0.228 e. The normalized spacial score (nSPS) is 10.4. The number of hydrogen-bond acceptors (Lipinski definition) is 3. The Morgan fingerprint density at radius 2 is 1.95 bits per heavy atom. The van der Waals surface area contributed by atoms with Gasteiger partial charge in [-0.2, -0.15) is 0 Å². The molecule has 0 saturated heterocycles. The molecule has 4 nitrogen and oxygen atoms in total. The zero-order valence-electron chi connectivity index (χ0n) is 11.7. The number of thiocarbonyl (C=S) groups is 1. The minimum atomic E-state index is -0.105. The van der Waals surface area contributed by atoms with E-state index >= 15 is 0 Å². The van der Waals surface area contributed by atoms with E-state index in [0.717, 1.165) is 11.4 Å². The van der Waals surface area contributed by atoms with E-state index in [0.29, 0.717) is 5.11 Å². The third-order valence-corrected chi connectivity index (χ3v) is 2.43. The summed E-state index contributed by atoms with van der Waals surface area (Å²) in [5, 5.41) is 5.88. The lowest BCUT2D eigenvalue weighted by Crippen LogP contribution is -2.36. The van der Waals surface area contributed by atoms with Gasteiger partial charge in [-0.3, -0.25) is 4.79 Å². The van der Waals surface area contributed by atoms with Crippen molar-refractivity contribution >= 4 is 28.9 Å². The highest BCUT2D eigenvalue weighted by Crippen LogP contribution is 2.18. The van der Waals surface area contributed by atoms with Gasteiger partial charge in [-0.1, -0.05) is 19.9 Å². The minimum Gasteiger partial charge on any atom is -0.491 e. The number of carbonyl (C=O) groups excluding carboxylic acids is 1. The second-order valence-electron chi connectivity index (χ2n) is 4.79. The Bertz CT molecular complexity index is 459. The second kappa shape index (κ2) is 7.09. The van der Waals surface area contributed by atoms with Gasteiger partial charge in [0, 0.05) is 17.7 Å². The predicted octanol–water partition coefficient (Wildman–Crippen LogP) is 2.94. The van der Waals surface area contributed by atoms with Gasteiger partial charge < -0.3 is 15.4 Å². The van der Waals surface area contributed by atoms with Gasteiger partial charge in [-0.05, 0) is 38.2 Å². The van der Waals surface area contributed by atoms with Crippen LogP contribution in [0.15, 0.2) is 24.3 Å². The first kappa shape index (κ1) is 15.4. The summed E-state index contributed by atoms with van der Waals surface area (Å²) in [5.41, 5.74) is 0.784. The van der Waals surface area contributed by atoms with Crippen molar-refractivity contribution in [1.29, 1.82) is 0 Å². The molecule has 104 valence electrons. The molecule has 0 radical (unpaired) electrons. The van der Waals surface area contributed by atoms with E-state index in [2.05, 4.69) is 10.6 Å². The quantitative estimate of drug-likeness (QED) is 0.833. The van der Waals surface area contributed by atoms with Crippen LogP contribution in [0.4, 0.5) is 5.69 Å². The maximum absolute atomic E-state index is 11.5. The molecule has 19 heavy (non-hydrogen) atoms. The molecule has 0 heterocycles. The third-order valence-electron chi connectivity index (χ3n) is 2.22. The lowest BCUT2D eigenvalue weighted by molar-refractivity contribution is -0.122. The number of ether oxygens (including phenoxy) is 1. The SMILES string of the molecule is CC(C)Oc1cccc(NC(=S)NC(=O)C(C)C)c1. The van der Waals surface area contributed by atoms with Crippen molar-refractivity contribution in [2.45, 2.75) is 33.8 Å². The van der Waals surface area contributed by atoms with Crippen LogP contribution in [0.1, 0.15) is 27.7 Å². The Morgan fingerprint density at radius 3 is 2.53 bits per heavy atom. The third kappa shape index (κ3) is 5.70. The topological polar surface area (TPSA) is 50.4 Å². The Balaban J connectivity index is 2.61. The lowest BCUT2D eigenvalue weighted by atomic mass is 10.2. The Labute approximate surface area is 119 Å². The fourth-order valence-electron chi connectivity index (χ4n) is 1.34. The molecule has 0 aromatic heterocycles. The van der Waals surface area contributed by atoms with Crippen LogP contribution >= 0.6 is 12.2 Å². The highest BCUT2D eigenvalue weighted by molar-refractivity contribution is 7.80. The monoisotopic (exact) mass is 280 g/mol. The average Bonchev–Trinajstić information content (AvgIpc) is 2.27. The van der Waals surface area contributed by atoms with E-state index in [1.807, 2.05) is 52.0 Å². The Kier molecular flexibility index (Phi) is 5.76. The second-order valence-corrected chi connectivity index (χ2v) is 5.20. The van der Waals surface area contributed by atoms with E-state index in [-0.39, 0.29) is 17.9 Å². The van der Waals surface area contributed by atoms with Gasteiger partial charge in [0.1, 0.15) is 5.75 Å². The first-order valence-corrected chi connectivity index (χ1v) is 6.68. The molecule has 0 fully saturated rings. The molecule has 0 bridgehead atoms. The molecule has 1 aromatic carbocycles. The largest absolute Gasteiger partial charge is 0.491 e. The van der Waals surface area contributed by atoms with E-state index in [1.165, 1.54) is 0 Å². The number of hydrogen-bond donors (Lipinski definition) is 2. The lowest BCUT2D eigenvalue weighted by Gasteiger charge is -2.13. The van der Waals surface area contributed by atoms with Crippen molar-refractivity contribution < 1.29 is 9.53 Å². The maximum Gasteiger partial charge on any atom is 0.228 e. The minimum absolute atomic E-state index is 0.102. The fourth-order valence-corrected chi connectivity index (χ4v) is 1.56. The van der Waals surface area contributed by atoms with Crippen LogP contribution in [0.25, 0.3) is 0 Å². The molecular weight excluding hydrogens is 260 g/mol. The van der Waals surface area contributed by atoms with E-state index < -0.39 is 0 Å². The summed E-state index contributed by atoms with van der Waals surface area (Å²) in [6.07, 6.45) is 0.114. The molecule has 1 aromatic rings. The van der Waals surface area contributed by atoms with Crippen molar-refractivity contribution in [3.8, 4) is 5.75 Å². The zero-order chi connectivity index (χ0) is 14.4. The molecule has 0 aliphatic heterocycles. The fraction of sp³-hybridized carbons (Fsp3) is 0.429. The summed E-state index contributed by atoms with van der Waals surface area (Å²) in [4.78, 5) is 11.5. The highest BCUT2D eigenvalue weighted by Gasteiger charge is 2.09. The van der Waals surface area contributed by atoms with Crippen LogP contribution in [0.2, 0.25) is 0 Å². The first-order chi connectivity index (χ1) is 8.88. The molecular formula is C14H20N2O2S. The highest BCUT2D eigenvalue weighted by atomic mass is 32.1. The van der Waals surface area contributed by atoms with Crippen LogP contribution in [-0.4, -0.2) is 17.1 Å². The molecule has 2 N–H and O–H groups in total. The molecule has 0 unspecified atom stereocenters. The number of benzene rings is 1. The van der Waals surface area contributed by atoms with Gasteiger partial charge in [0.05, 0.1) is 6.10 Å². The molecule has 5 heteroatoms. The van der Waals surface area contributed by atoms with Gasteiger partial charge in [0.25, 0.3) is 0 Å². The van der Waals surface area contributed by atoms with Gasteiger partial charge in [-0.25, -0.2) is 0 Å². The van der Waals surface area contributed by atoms with Crippen LogP contribution < -0.4 is 15.4 Å². The van der Waals surface area contributed by atoms with E-state index in [1.54, 1.807) is 0 Å². The zero-order valence-corrected chi connectivity index (χ0v) is 12.5. The number of nitrogens with one attached hydrogen (secondary N) is 2. The summed E-state index contributed by atoms with van der Waals surface area (Å²) in [5.74, 6) is 0.556. The van der Waals surface area contributed by atoms with Crippen molar-refractivity contribution in [1.82, 2.24) is 5.32 Å². The molecule has 0 spiro atoms. The average molecular weight is 280 g/mol. The van der Waals surface area contributed by atoms with Gasteiger partial charge in [0.15, 0.2) is 5.11 Å². The first-order valence-electron chi connectivity index (χ1n) is 6.27. The number of rotatable bonds is 4. The van der Waals surface area contributed by atoms with E-state index in [9.17, 15) is 4.79 Å². The van der Waals surface area contributed by atoms with Crippen molar-refractivity contribution in [3.05, 3.63) is 24.3 Å². The van der Waals surface area contributed by atoms with Crippen LogP contribution in [0.3, 0.4) is 0 Å². The van der Waals surface area contributed by atoms with Crippen LogP contribution in [-0.2, 0) is 4.79 Å². The number of anilines is 1.